The van der Waals surface area contributed by atoms with E-state index in [1.54, 1.807) is 45.2 Å². The van der Waals surface area contributed by atoms with Crippen LogP contribution in [-0.2, 0) is 10.0 Å². The molecule has 0 saturated carbocycles. The van der Waals surface area contributed by atoms with Crippen molar-refractivity contribution in [3.8, 4) is 17.0 Å². The topological polar surface area (TPSA) is 119 Å². The first-order valence-corrected chi connectivity index (χ1v) is 11.5. The average Bonchev–Trinajstić information content (AvgIpc) is 2.78. The number of para-hydroxylation sites is 1. The molecule has 2 N–H and O–H groups in total. The fourth-order valence-electron chi connectivity index (χ4n) is 3.25. The smallest absolute Gasteiger partial charge is 0.264 e. The molecule has 9 nitrogen and oxygen atoms in total. The molecule has 2 aromatic heterocycles. The molecule has 0 spiro atoms. The van der Waals surface area contributed by atoms with Crippen molar-refractivity contribution in [1.82, 2.24) is 19.9 Å². The van der Waals surface area contributed by atoms with Gasteiger partial charge in [-0.05, 0) is 56.3 Å². The standard InChI is InChI=1S/C23H22N6O3S/c1-15-12-16(2)27-23(26-15)29-33(30,31)18-10-8-17(9-11-18)28-22-13-20(24-14-25-22)19-6-4-5-7-21(19)32-3/h4-14H,1-3H3,(H,24,25,28)(H,26,27,29). The summed E-state index contributed by atoms with van der Waals surface area (Å²) in [5, 5.41) is 3.16. The highest BCUT2D eigenvalue weighted by atomic mass is 32.2. The van der Waals surface area contributed by atoms with Gasteiger partial charge in [-0.3, -0.25) is 0 Å². The second-order valence-electron chi connectivity index (χ2n) is 7.22. The van der Waals surface area contributed by atoms with Crippen molar-refractivity contribution in [3.63, 3.8) is 0 Å². The van der Waals surface area contributed by atoms with Crippen LogP contribution in [0.1, 0.15) is 11.4 Å². The number of benzene rings is 2. The van der Waals surface area contributed by atoms with Crippen LogP contribution >= 0.6 is 0 Å². The Morgan fingerprint density at radius 1 is 0.879 bits per heavy atom. The Kier molecular flexibility index (Phi) is 6.18. The molecule has 0 aliphatic carbocycles. The van der Waals surface area contributed by atoms with Crippen LogP contribution < -0.4 is 14.8 Å². The van der Waals surface area contributed by atoms with Crippen LogP contribution in [0, 0.1) is 13.8 Å². The molecular weight excluding hydrogens is 440 g/mol. The number of aryl methyl sites for hydroxylation is 2. The van der Waals surface area contributed by atoms with Crippen molar-refractivity contribution in [2.45, 2.75) is 18.7 Å². The van der Waals surface area contributed by atoms with Gasteiger partial charge in [0.15, 0.2) is 0 Å². The van der Waals surface area contributed by atoms with Gasteiger partial charge >= 0.3 is 0 Å². The molecule has 4 rings (SSSR count). The Hall–Kier alpha value is -4.05. The maximum atomic E-state index is 12.7. The van der Waals surface area contributed by atoms with E-state index in [0.717, 1.165) is 5.56 Å². The summed E-state index contributed by atoms with van der Waals surface area (Å²) < 4.78 is 33.2. The number of nitrogens with zero attached hydrogens (tertiary/aromatic N) is 4. The first kappa shape index (κ1) is 22.2. The number of sulfonamides is 1. The second kappa shape index (κ2) is 9.21. The first-order chi connectivity index (χ1) is 15.8. The number of methoxy groups -OCH3 is 1. The quantitative estimate of drug-likeness (QED) is 0.421. The Morgan fingerprint density at radius 2 is 1.58 bits per heavy atom. The molecule has 0 fully saturated rings. The van der Waals surface area contributed by atoms with Crippen molar-refractivity contribution < 1.29 is 13.2 Å². The number of rotatable bonds is 7. The Labute approximate surface area is 192 Å². The van der Waals surface area contributed by atoms with E-state index in [1.165, 1.54) is 18.5 Å². The Balaban J connectivity index is 1.52. The van der Waals surface area contributed by atoms with E-state index in [9.17, 15) is 8.42 Å². The minimum Gasteiger partial charge on any atom is -0.496 e. The summed E-state index contributed by atoms with van der Waals surface area (Å²) in [6.45, 7) is 3.55. The molecule has 10 heteroatoms. The van der Waals surface area contributed by atoms with Crippen LogP contribution in [0.15, 0.2) is 71.9 Å². The van der Waals surface area contributed by atoms with Crippen molar-refractivity contribution in [3.05, 3.63) is 78.4 Å². The summed E-state index contributed by atoms with van der Waals surface area (Å²) in [5.74, 6) is 1.31. The number of hydrogen-bond donors (Lipinski definition) is 2. The lowest BCUT2D eigenvalue weighted by molar-refractivity contribution is 0.416. The predicted octanol–water partition coefficient (Wildman–Crippen LogP) is 4.10. The molecule has 0 radical (unpaired) electrons. The third kappa shape index (κ3) is 5.24. The Morgan fingerprint density at radius 3 is 2.27 bits per heavy atom. The van der Waals surface area contributed by atoms with Gasteiger partial charge in [-0.25, -0.2) is 33.1 Å². The first-order valence-electron chi connectivity index (χ1n) is 10.0. The highest BCUT2D eigenvalue weighted by Gasteiger charge is 2.16. The van der Waals surface area contributed by atoms with Gasteiger partial charge in [-0.15, -0.1) is 0 Å². The second-order valence-corrected chi connectivity index (χ2v) is 8.90. The van der Waals surface area contributed by atoms with Crippen molar-refractivity contribution in [2.75, 3.05) is 17.1 Å². The number of aromatic nitrogens is 4. The van der Waals surface area contributed by atoms with Crippen LogP contribution in [0.5, 0.6) is 5.75 Å². The lowest BCUT2D eigenvalue weighted by atomic mass is 10.1. The van der Waals surface area contributed by atoms with Gasteiger partial charge in [0, 0.05) is 28.7 Å². The number of ether oxygens (including phenoxy) is 1. The largest absolute Gasteiger partial charge is 0.496 e. The van der Waals surface area contributed by atoms with Gasteiger partial charge in [-0.1, -0.05) is 12.1 Å². The minimum absolute atomic E-state index is 0.0413. The third-order valence-corrected chi connectivity index (χ3v) is 6.04. The van der Waals surface area contributed by atoms with Crippen LogP contribution in [-0.4, -0.2) is 35.5 Å². The van der Waals surface area contributed by atoms with E-state index in [-0.39, 0.29) is 10.8 Å². The highest BCUT2D eigenvalue weighted by Crippen LogP contribution is 2.29. The van der Waals surface area contributed by atoms with Crippen LogP contribution in [0.25, 0.3) is 11.3 Å². The molecular formula is C23H22N6O3S. The molecule has 0 aliphatic rings. The van der Waals surface area contributed by atoms with E-state index in [2.05, 4.69) is 30.0 Å². The van der Waals surface area contributed by atoms with E-state index in [1.807, 2.05) is 24.3 Å². The minimum atomic E-state index is -3.83. The van der Waals surface area contributed by atoms with Gasteiger partial charge in [0.1, 0.15) is 17.9 Å². The van der Waals surface area contributed by atoms with E-state index in [0.29, 0.717) is 34.3 Å². The third-order valence-electron chi connectivity index (χ3n) is 4.69. The lowest BCUT2D eigenvalue weighted by Gasteiger charge is -2.11. The van der Waals surface area contributed by atoms with E-state index in [4.69, 9.17) is 4.74 Å². The molecule has 168 valence electrons. The SMILES string of the molecule is COc1ccccc1-c1cc(Nc2ccc(S(=O)(=O)Nc3nc(C)cc(C)n3)cc2)ncn1. The maximum absolute atomic E-state index is 12.7. The molecule has 0 atom stereocenters. The lowest BCUT2D eigenvalue weighted by Crippen LogP contribution is -2.15. The van der Waals surface area contributed by atoms with Gasteiger partial charge in [0.25, 0.3) is 10.0 Å². The number of hydrogen-bond acceptors (Lipinski definition) is 8. The molecule has 2 heterocycles. The van der Waals surface area contributed by atoms with Crippen molar-refractivity contribution >= 4 is 27.5 Å². The molecule has 33 heavy (non-hydrogen) atoms. The molecule has 0 saturated heterocycles. The average molecular weight is 463 g/mol. The highest BCUT2D eigenvalue weighted by molar-refractivity contribution is 7.92. The summed E-state index contributed by atoms with van der Waals surface area (Å²) >= 11 is 0. The van der Waals surface area contributed by atoms with Gasteiger partial charge in [0.05, 0.1) is 17.7 Å². The summed E-state index contributed by atoms with van der Waals surface area (Å²) in [6.07, 6.45) is 1.46. The van der Waals surface area contributed by atoms with Gasteiger partial charge in [0.2, 0.25) is 5.95 Å². The molecule has 2 aromatic carbocycles. The summed E-state index contributed by atoms with van der Waals surface area (Å²) in [4.78, 5) is 16.9. The molecule has 0 aliphatic heterocycles. The fourth-order valence-corrected chi connectivity index (χ4v) is 4.19. The van der Waals surface area contributed by atoms with Gasteiger partial charge < -0.3 is 10.1 Å². The zero-order chi connectivity index (χ0) is 23.4. The summed E-state index contributed by atoms with van der Waals surface area (Å²) in [5.41, 5.74) is 3.56. The van der Waals surface area contributed by atoms with Crippen molar-refractivity contribution in [1.29, 1.82) is 0 Å². The summed E-state index contributed by atoms with van der Waals surface area (Å²) in [7, 11) is -2.22. The number of anilines is 3. The maximum Gasteiger partial charge on any atom is 0.264 e. The predicted molar refractivity (Wildman–Crippen MR) is 126 cm³/mol. The monoisotopic (exact) mass is 462 g/mol. The van der Waals surface area contributed by atoms with Crippen LogP contribution in [0.4, 0.5) is 17.5 Å². The van der Waals surface area contributed by atoms with Gasteiger partial charge in [-0.2, -0.15) is 0 Å². The van der Waals surface area contributed by atoms with Crippen LogP contribution in [0.3, 0.4) is 0 Å². The zero-order valence-electron chi connectivity index (χ0n) is 18.3. The zero-order valence-corrected chi connectivity index (χ0v) is 19.1. The Bertz CT molecular complexity index is 1370. The van der Waals surface area contributed by atoms with Crippen LogP contribution in [0.2, 0.25) is 0 Å². The molecule has 4 aromatic rings. The molecule has 0 bridgehead atoms. The normalized spacial score (nSPS) is 11.1. The fraction of sp³-hybridized carbons (Fsp3) is 0.130. The van der Waals surface area contributed by atoms with E-state index < -0.39 is 10.0 Å². The molecule has 0 unspecified atom stereocenters. The van der Waals surface area contributed by atoms with E-state index >= 15 is 0 Å². The number of nitrogens with one attached hydrogen (secondary N) is 2. The molecule has 0 amide bonds. The summed E-state index contributed by atoms with van der Waals surface area (Å²) in [6, 6.07) is 17.4. The van der Waals surface area contributed by atoms with Crippen molar-refractivity contribution in [2.24, 2.45) is 0 Å².